The molecule has 8 nitrogen and oxygen atoms in total. The van der Waals surface area contributed by atoms with E-state index in [0.29, 0.717) is 11.6 Å². The number of amides is 1. The van der Waals surface area contributed by atoms with Crippen molar-refractivity contribution >= 4 is 35.3 Å². The van der Waals surface area contributed by atoms with Crippen LogP contribution in [0.1, 0.15) is 24.3 Å². The SMILES string of the molecule is Nc1nnc(CN(Cc2ccc(OC3CCOCC3)cc2)C(=O)CSc2ccccc2Cl)o1. The summed E-state index contributed by atoms with van der Waals surface area (Å²) in [5, 5.41) is 8.20. The predicted molar refractivity (Wildman–Crippen MR) is 126 cm³/mol. The van der Waals surface area contributed by atoms with Crippen LogP contribution in [0.4, 0.5) is 6.01 Å². The van der Waals surface area contributed by atoms with Gasteiger partial charge in [-0.3, -0.25) is 4.79 Å². The second kappa shape index (κ2) is 11.4. The fourth-order valence-corrected chi connectivity index (χ4v) is 4.54. The number of benzene rings is 2. The zero-order valence-corrected chi connectivity index (χ0v) is 19.6. The van der Waals surface area contributed by atoms with E-state index in [9.17, 15) is 4.79 Å². The second-order valence-electron chi connectivity index (χ2n) is 7.58. The first-order valence-corrected chi connectivity index (χ1v) is 12.0. The molecule has 4 rings (SSSR count). The summed E-state index contributed by atoms with van der Waals surface area (Å²) >= 11 is 7.61. The van der Waals surface area contributed by atoms with E-state index in [1.807, 2.05) is 42.5 Å². The number of halogens is 1. The Morgan fingerprint density at radius 3 is 2.58 bits per heavy atom. The van der Waals surface area contributed by atoms with Gasteiger partial charge in [0.05, 0.1) is 30.5 Å². The maximum atomic E-state index is 13.1. The normalized spacial score (nSPS) is 14.2. The van der Waals surface area contributed by atoms with Crippen molar-refractivity contribution in [3.05, 3.63) is 65.0 Å². The summed E-state index contributed by atoms with van der Waals surface area (Å²) in [5.74, 6) is 1.22. The Hall–Kier alpha value is -2.75. The van der Waals surface area contributed by atoms with Gasteiger partial charge in [-0.15, -0.1) is 16.9 Å². The van der Waals surface area contributed by atoms with Gasteiger partial charge in [0.25, 0.3) is 0 Å². The van der Waals surface area contributed by atoms with E-state index in [2.05, 4.69) is 10.2 Å². The standard InChI is InChI=1S/C23H25ClN4O4S/c24-19-3-1-2-4-20(19)33-15-22(29)28(14-21-26-27-23(25)32-21)13-16-5-7-17(8-6-16)31-18-9-11-30-12-10-18/h1-8,18H,9-15H2,(H2,25,27). The van der Waals surface area contributed by atoms with Gasteiger partial charge >= 0.3 is 6.01 Å². The summed E-state index contributed by atoms with van der Waals surface area (Å²) in [6.45, 7) is 1.99. The number of hydrogen-bond donors (Lipinski definition) is 1. The fourth-order valence-electron chi connectivity index (χ4n) is 3.40. The number of hydrogen-bond acceptors (Lipinski definition) is 8. The fraction of sp³-hybridized carbons (Fsp3) is 0.348. The molecule has 0 radical (unpaired) electrons. The number of aromatic nitrogens is 2. The van der Waals surface area contributed by atoms with Crippen molar-refractivity contribution in [3.8, 4) is 5.75 Å². The molecular formula is C23H25ClN4O4S. The number of nitrogens with zero attached hydrogens (tertiary/aromatic N) is 3. The minimum Gasteiger partial charge on any atom is -0.490 e. The van der Waals surface area contributed by atoms with Gasteiger partial charge in [-0.05, 0) is 29.8 Å². The molecule has 1 aromatic heterocycles. The van der Waals surface area contributed by atoms with E-state index in [0.717, 1.165) is 42.3 Å². The van der Waals surface area contributed by atoms with Crippen LogP contribution in [-0.4, -0.2) is 46.1 Å². The van der Waals surface area contributed by atoms with Crippen molar-refractivity contribution in [1.29, 1.82) is 0 Å². The predicted octanol–water partition coefficient (Wildman–Crippen LogP) is 4.18. The zero-order valence-electron chi connectivity index (χ0n) is 18.0. The number of carbonyl (C=O) groups is 1. The molecule has 2 heterocycles. The Morgan fingerprint density at radius 2 is 1.88 bits per heavy atom. The highest BCUT2D eigenvalue weighted by atomic mass is 35.5. The average Bonchev–Trinajstić information content (AvgIpc) is 3.24. The maximum Gasteiger partial charge on any atom is 0.312 e. The smallest absolute Gasteiger partial charge is 0.312 e. The lowest BCUT2D eigenvalue weighted by Crippen LogP contribution is -2.31. The third-order valence-electron chi connectivity index (χ3n) is 5.12. The number of thioether (sulfide) groups is 1. The molecule has 1 aliphatic heterocycles. The summed E-state index contributed by atoms with van der Waals surface area (Å²) < 4.78 is 16.7. The molecule has 2 aromatic carbocycles. The number of anilines is 1. The number of ether oxygens (including phenoxy) is 2. The van der Waals surface area contributed by atoms with E-state index >= 15 is 0 Å². The molecular weight excluding hydrogens is 464 g/mol. The van der Waals surface area contributed by atoms with Crippen molar-refractivity contribution in [1.82, 2.24) is 15.1 Å². The van der Waals surface area contributed by atoms with Gasteiger partial charge in [0.2, 0.25) is 11.8 Å². The van der Waals surface area contributed by atoms with Crippen molar-refractivity contribution in [2.24, 2.45) is 0 Å². The summed E-state index contributed by atoms with van der Waals surface area (Å²) in [7, 11) is 0. The van der Waals surface area contributed by atoms with E-state index in [1.165, 1.54) is 11.8 Å². The number of rotatable bonds is 9. The minimum atomic E-state index is -0.0841. The van der Waals surface area contributed by atoms with Gasteiger partial charge in [-0.2, -0.15) is 0 Å². The van der Waals surface area contributed by atoms with Gasteiger partial charge in [0.15, 0.2) is 0 Å². The van der Waals surface area contributed by atoms with E-state index in [4.69, 9.17) is 31.2 Å². The molecule has 0 atom stereocenters. The van der Waals surface area contributed by atoms with E-state index in [1.54, 1.807) is 11.0 Å². The van der Waals surface area contributed by atoms with Crippen LogP contribution in [0.3, 0.4) is 0 Å². The van der Waals surface area contributed by atoms with E-state index < -0.39 is 0 Å². The minimum absolute atomic E-state index is 0.0301. The lowest BCUT2D eigenvalue weighted by Gasteiger charge is -2.24. The summed E-state index contributed by atoms with van der Waals surface area (Å²) in [5.41, 5.74) is 6.50. The second-order valence-corrected chi connectivity index (χ2v) is 9.00. The van der Waals surface area contributed by atoms with Gasteiger partial charge < -0.3 is 24.5 Å². The van der Waals surface area contributed by atoms with Crippen LogP contribution in [0.2, 0.25) is 5.02 Å². The first kappa shape index (κ1) is 23.4. The molecule has 1 aliphatic rings. The first-order chi connectivity index (χ1) is 16.1. The molecule has 0 aliphatic carbocycles. The van der Waals surface area contributed by atoms with E-state index in [-0.39, 0.29) is 36.2 Å². The van der Waals surface area contributed by atoms with Gasteiger partial charge in [-0.25, -0.2) is 0 Å². The lowest BCUT2D eigenvalue weighted by molar-refractivity contribution is -0.129. The summed E-state index contributed by atoms with van der Waals surface area (Å²) in [6, 6.07) is 15.2. The van der Waals surface area contributed by atoms with Crippen LogP contribution in [0.15, 0.2) is 57.8 Å². The topological polar surface area (TPSA) is 104 Å². The van der Waals surface area contributed by atoms with Crippen LogP contribution >= 0.6 is 23.4 Å². The molecule has 1 fully saturated rings. The van der Waals surface area contributed by atoms with Crippen LogP contribution in [0.25, 0.3) is 0 Å². The third-order valence-corrected chi connectivity index (χ3v) is 6.62. The monoisotopic (exact) mass is 488 g/mol. The Kier molecular flexibility index (Phi) is 8.09. The zero-order chi connectivity index (χ0) is 23.0. The van der Waals surface area contributed by atoms with Gasteiger partial charge in [0.1, 0.15) is 11.9 Å². The first-order valence-electron chi connectivity index (χ1n) is 10.6. The number of nitrogens with two attached hydrogens (primary N) is 1. The Bertz CT molecular complexity index is 1060. The molecule has 174 valence electrons. The molecule has 0 bridgehead atoms. The molecule has 3 aromatic rings. The maximum absolute atomic E-state index is 13.1. The van der Waals surface area contributed by atoms with Gasteiger partial charge in [-0.1, -0.05) is 41.0 Å². The Morgan fingerprint density at radius 1 is 1.12 bits per heavy atom. The highest BCUT2D eigenvalue weighted by Crippen LogP contribution is 2.27. The van der Waals surface area contributed by atoms with Crippen molar-refractivity contribution < 1.29 is 18.7 Å². The van der Waals surface area contributed by atoms with Gasteiger partial charge in [0, 0.05) is 24.3 Å². The van der Waals surface area contributed by atoms with Crippen molar-refractivity contribution in [2.75, 3.05) is 24.7 Å². The molecule has 33 heavy (non-hydrogen) atoms. The molecule has 1 amide bonds. The quantitative estimate of drug-likeness (QED) is 0.447. The molecule has 0 unspecified atom stereocenters. The lowest BCUT2D eigenvalue weighted by atomic mass is 10.1. The van der Waals surface area contributed by atoms with Crippen LogP contribution in [-0.2, 0) is 22.6 Å². The Labute approximate surface area is 201 Å². The summed E-state index contributed by atoms with van der Waals surface area (Å²) in [6.07, 6.45) is 1.95. The average molecular weight is 489 g/mol. The van der Waals surface area contributed by atoms with Crippen LogP contribution in [0, 0.1) is 0 Å². The highest BCUT2D eigenvalue weighted by Gasteiger charge is 2.19. The number of carbonyl (C=O) groups excluding carboxylic acids is 1. The molecule has 1 saturated heterocycles. The van der Waals surface area contributed by atoms with Crippen LogP contribution in [0.5, 0.6) is 5.75 Å². The number of nitrogen functional groups attached to an aromatic ring is 1. The van der Waals surface area contributed by atoms with Crippen molar-refractivity contribution in [3.63, 3.8) is 0 Å². The summed E-state index contributed by atoms with van der Waals surface area (Å²) in [4.78, 5) is 15.6. The third kappa shape index (κ3) is 6.86. The molecule has 10 heteroatoms. The molecule has 2 N–H and O–H groups in total. The largest absolute Gasteiger partial charge is 0.490 e. The molecule has 0 saturated carbocycles. The van der Waals surface area contributed by atoms with Crippen LogP contribution < -0.4 is 10.5 Å². The highest BCUT2D eigenvalue weighted by molar-refractivity contribution is 8.00. The molecule has 0 spiro atoms. The van der Waals surface area contributed by atoms with Crippen molar-refractivity contribution in [2.45, 2.75) is 36.9 Å². The Balaban J connectivity index is 1.41.